The third-order valence-corrected chi connectivity index (χ3v) is 4.05. The van der Waals surface area contributed by atoms with Crippen molar-refractivity contribution in [3.05, 3.63) is 56.7 Å². The minimum atomic E-state index is 0.387. The second-order valence-corrected chi connectivity index (χ2v) is 6.34. The van der Waals surface area contributed by atoms with Gasteiger partial charge in [-0.3, -0.25) is 4.90 Å². The van der Waals surface area contributed by atoms with Crippen molar-refractivity contribution in [2.45, 2.75) is 13.1 Å². The maximum Gasteiger partial charge on any atom is 0.0931 e. The van der Waals surface area contributed by atoms with Gasteiger partial charge in [0.15, 0.2) is 0 Å². The number of nitrogens with zero attached hydrogens (tertiary/aromatic N) is 1. The van der Waals surface area contributed by atoms with Crippen LogP contribution < -0.4 is 5.73 Å². The maximum atomic E-state index is 5.96. The molecule has 0 aliphatic carbocycles. The highest BCUT2D eigenvalue weighted by molar-refractivity contribution is 7.16. The van der Waals surface area contributed by atoms with E-state index in [2.05, 4.69) is 35.9 Å². The van der Waals surface area contributed by atoms with Crippen LogP contribution in [0, 0.1) is 11.8 Å². The highest BCUT2D eigenvalue weighted by Crippen LogP contribution is 2.23. The number of nitrogens with two attached hydrogens (primary N) is 1. The molecule has 104 valence electrons. The minimum Gasteiger partial charge on any atom is -0.320 e. The largest absolute Gasteiger partial charge is 0.320 e. The first-order chi connectivity index (χ1) is 9.69. The van der Waals surface area contributed by atoms with E-state index < -0.39 is 0 Å². The van der Waals surface area contributed by atoms with E-state index in [1.807, 2.05) is 24.3 Å². The van der Waals surface area contributed by atoms with Crippen LogP contribution in [0.3, 0.4) is 0 Å². The third kappa shape index (κ3) is 4.36. The molecule has 1 aromatic carbocycles. The monoisotopic (exact) mass is 304 g/mol. The van der Waals surface area contributed by atoms with E-state index in [-0.39, 0.29) is 0 Å². The molecule has 2 aromatic rings. The average Bonchev–Trinajstić information content (AvgIpc) is 2.83. The summed E-state index contributed by atoms with van der Waals surface area (Å²) in [5.74, 6) is 6.04. The van der Waals surface area contributed by atoms with E-state index >= 15 is 0 Å². The molecule has 1 aromatic heterocycles. The fourth-order valence-electron chi connectivity index (χ4n) is 1.98. The van der Waals surface area contributed by atoms with Gasteiger partial charge in [0, 0.05) is 23.5 Å². The van der Waals surface area contributed by atoms with Gasteiger partial charge in [-0.05, 0) is 30.8 Å². The number of benzene rings is 1. The topological polar surface area (TPSA) is 29.3 Å². The fraction of sp³-hybridized carbons (Fsp3) is 0.250. The van der Waals surface area contributed by atoms with Gasteiger partial charge in [-0.25, -0.2) is 0 Å². The van der Waals surface area contributed by atoms with Crippen LogP contribution >= 0.6 is 22.9 Å². The Morgan fingerprint density at radius 2 is 2.00 bits per heavy atom. The van der Waals surface area contributed by atoms with E-state index in [0.717, 1.165) is 23.0 Å². The first-order valence-corrected chi connectivity index (χ1v) is 7.58. The van der Waals surface area contributed by atoms with Crippen LogP contribution in [0.25, 0.3) is 0 Å². The SMILES string of the molecule is CN(Cc1ccc(Cl)s1)Cc1ccccc1C#CCN. The summed E-state index contributed by atoms with van der Waals surface area (Å²) in [6.45, 7) is 2.12. The Bertz CT molecular complexity index is 625. The Balaban J connectivity index is 2.05. The van der Waals surface area contributed by atoms with Gasteiger partial charge in [-0.2, -0.15) is 0 Å². The third-order valence-electron chi connectivity index (χ3n) is 2.84. The molecule has 0 atom stereocenters. The molecule has 0 saturated heterocycles. The van der Waals surface area contributed by atoms with Gasteiger partial charge in [0.05, 0.1) is 10.9 Å². The molecule has 4 heteroatoms. The molecule has 0 radical (unpaired) electrons. The van der Waals surface area contributed by atoms with Crippen molar-refractivity contribution in [2.75, 3.05) is 13.6 Å². The summed E-state index contributed by atoms with van der Waals surface area (Å²) in [6.07, 6.45) is 0. The molecular formula is C16H17ClN2S. The summed E-state index contributed by atoms with van der Waals surface area (Å²) >= 11 is 7.58. The number of hydrogen-bond donors (Lipinski definition) is 1. The number of thiophene rings is 1. The smallest absolute Gasteiger partial charge is 0.0931 e. The lowest BCUT2D eigenvalue weighted by Crippen LogP contribution is -2.17. The number of hydrogen-bond acceptors (Lipinski definition) is 3. The van der Waals surface area contributed by atoms with Crippen molar-refractivity contribution < 1.29 is 0 Å². The van der Waals surface area contributed by atoms with Crippen LogP contribution in [-0.2, 0) is 13.1 Å². The lowest BCUT2D eigenvalue weighted by Gasteiger charge is -2.16. The van der Waals surface area contributed by atoms with Gasteiger partial charge in [0.1, 0.15) is 0 Å². The van der Waals surface area contributed by atoms with Crippen molar-refractivity contribution in [1.29, 1.82) is 0 Å². The molecule has 0 aliphatic rings. The summed E-state index contributed by atoms with van der Waals surface area (Å²) in [6, 6.07) is 12.2. The first-order valence-electron chi connectivity index (χ1n) is 6.38. The molecule has 20 heavy (non-hydrogen) atoms. The van der Waals surface area contributed by atoms with Crippen LogP contribution in [0.4, 0.5) is 0 Å². The lowest BCUT2D eigenvalue weighted by molar-refractivity contribution is 0.322. The highest BCUT2D eigenvalue weighted by Gasteiger charge is 2.06. The predicted molar refractivity (Wildman–Crippen MR) is 86.9 cm³/mol. The fourth-order valence-corrected chi connectivity index (χ4v) is 3.14. The van der Waals surface area contributed by atoms with Crippen LogP contribution in [0.2, 0.25) is 4.34 Å². The molecule has 0 amide bonds. The molecule has 0 aliphatic heterocycles. The first kappa shape index (κ1) is 15.1. The minimum absolute atomic E-state index is 0.387. The molecule has 0 fully saturated rings. The normalized spacial score (nSPS) is 10.4. The van der Waals surface area contributed by atoms with Gasteiger partial charge in [-0.1, -0.05) is 41.6 Å². The van der Waals surface area contributed by atoms with Crippen LogP contribution in [0.15, 0.2) is 36.4 Å². The van der Waals surface area contributed by atoms with Crippen molar-refractivity contribution in [2.24, 2.45) is 5.73 Å². The van der Waals surface area contributed by atoms with Crippen molar-refractivity contribution in [3.63, 3.8) is 0 Å². The Morgan fingerprint density at radius 3 is 2.70 bits per heavy atom. The average molecular weight is 305 g/mol. The Morgan fingerprint density at radius 1 is 1.20 bits per heavy atom. The molecule has 0 bridgehead atoms. The Hall–Kier alpha value is -1.31. The molecular weight excluding hydrogens is 288 g/mol. The van der Waals surface area contributed by atoms with Crippen molar-refractivity contribution >= 4 is 22.9 Å². The summed E-state index contributed by atoms with van der Waals surface area (Å²) in [4.78, 5) is 3.52. The number of halogens is 1. The lowest BCUT2D eigenvalue weighted by atomic mass is 10.1. The molecule has 2 rings (SSSR count). The van der Waals surface area contributed by atoms with Crippen LogP contribution in [0.1, 0.15) is 16.0 Å². The molecule has 0 saturated carbocycles. The van der Waals surface area contributed by atoms with Gasteiger partial charge < -0.3 is 5.73 Å². The second kappa shape index (κ2) is 7.47. The van der Waals surface area contributed by atoms with Gasteiger partial charge in [-0.15, -0.1) is 11.3 Å². The summed E-state index contributed by atoms with van der Waals surface area (Å²) in [7, 11) is 2.10. The van der Waals surface area contributed by atoms with E-state index in [1.165, 1.54) is 10.4 Å². The van der Waals surface area contributed by atoms with E-state index in [0.29, 0.717) is 6.54 Å². The zero-order chi connectivity index (χ0) is 14.4. The standard InChI is InChI=1S/C16H17ClN2S/c1-19(12-15-8-9-16(17)20-15)11-14-6-3-2-5-13(14)7-4-10-18/h2-3,5-6,8-9H,10-12,18H2,1H3. The van der Waals surface area contributed by atoms with Crippen LogP contribution in [0.5, 0.6) is 0 Å². The van der Waals surface area contributed by atoms with E-state index in [1.54, 1.807) is 11.3 Å². The zero-order valence-electron chi connectivity index (χ0n) is 11.4. The Labute approximate surface area is 129 Å². The molecule has 2 N–H and O–H groups in total. The van der Waals surface area contributed by atoms with E-state index in [4.69, 9.17) is 17.3 Å². The summed E-state index contributed by atoms with van der Waals surface area (Å²) < 4.78 is 0.836. The highest BCUT2D eigenvalue weighted by atomic mass is 35.5. The quantitative estimate of drug-likeness (QED) is 0.878. The maximum absolute atomic E-state index is 5.96. The van der Waals surface area contributed by atoms with Gasteiger partial charge in [0.25, 0.3) is 0 Å². The van der Waals surface area contributed by atoms with Crippen molar-refractivity contribution in [1.82, 2.24) is 4.90 Å². The number of rotatable bonds is 4. The second-order valence-electron chi connectivity index (χ2n) is 4.54. The molecule has 0 spiro atoms. The van der Waals surface area contributed by atoms with Gasteiger partial charge in [0.2, 0.25) is 0 Å². The molecule has 0 unspecified atom stereocenters. The Kier molecular flexibility index (Phi) is 5.63. The molecule has 1 heterocycles. The van der Waals surface area contributed by atoms with Gasteiger partial charge >= 0.3 is 0 Å². The summed E-state index contributed by atoms with van der Waals surface area (Å²) in [5.41, 5.74) is 7.71. The zero-order valence-corrected chi connectivity index (χ0v) is 13.0. The predicted octanol–water partition coefficient (Wildman–Crippen LogP) is 3.34. The molecule has 2 nitrogen and oxygen atoms in total. The van der Waals surface area contributed by atoms with Crippen LogP contribution in [-0.4, -0.2) is 18.5 Å². The summed E-state index contributed by atoms with van der Waals surface area (Å²) in [5, 5.41) is 0. The van der Waals surface area contributed by atoms with E-state index in [9.17, 15) is 0 Å². The van der Waals surface area contributed by atoms with Crippen molar-refractivity contribution in [3.8, 4) is 11.8 Å².